The molecule has 1 aromatic heterocycles. The van der Waals surface area contributed by atoms with Gasteiger partial charge in [-0.25, -0.2) is 0 Å². The van der Waals surface area contributed by atoms with Crippen LogP contribution in [0.1, 0.15) is 0 Å². The molecular weight excluding hydrogens is 462 g/mol. The second kappa shape index (κ2) is 5.49. The van der Waals surface area contributed by atoms with Gasteiger partial charge >= 0.3 is 0 Å². The maximum Gasteiger partial charge on any atom is 0.0500 e. The molecule has 5 heteroatoms. The van der Waals surface area contributed by atoms with E-state index in [-0.39, 0.29) is 0 Å². The van der Waals surface area contributed by atoms with Gasteiger partial charge in [-0.15, -0.1) is 11.3 Å². The Morgan fingerprint density at radius 1 is 0.379 bits per heavy atom. The molecule has 0 atom stereocenters. The Bertz CT molecular complexity index is 1650. The van der Waals surface area contributed by atoms with Gasteiger partial charge in [-0.2, -0.15) is 0 Å². The largest absolute Gasteiger partial charge is 0.134 e. The average molecular weight is 470 g/mol. The Balaban J connectivity index is 1.86. The van der Waals surface area contributed by atoms with Crippen LogP contribution in [0.3, 0.4) is 0 Å². The molecule has 7 aromatic rings. The third-order valence-corrected chi connectivity index (χ3v) is 8.57. The first-order valence-electron chi connectivity index (χ1n) is 9.06. The zero-order chi connectivity index (χ0) is 19.6. The first kappa shape index (κ1) is 17.0. The first-order valence-corrected chi connectivity index (χ1v) is 11.4. The van der Waals surface area contributed by atoms with Crippen molar-refractivity contribution in [3.8, 4) is 0 Å². The van der Waals surface area contributed by atoms with Crippen LogP contribution in [-0.4, -0.2) is 0 Å². The van der Waals surface area contributed by atoms with Crippen LogP contribution >= 0.6 is 57.7 Å². The molecular formula is C24H8Cl4S. The predicted octanol–water partition coefficient (Wildman–Crippen LogP) is 10.2. The van der Waals surface area contributed by atoms with Crippen LogP contribution in [0.15, 0.2) is 48.5 Å². The van der Waals surface area contributed by atoms with E-state index in [1.54, 1.807) is 0 Å². The molecule has 0 fully saturated rings. The molecule has 6 aromatic carbocycles. The van der Waals surface area contributed by atoms with E-state index in [1.165, 1.54) is 41.7 Å². The van der Waals surface area contributed by atoms with Crippen molar-refractivity contribution in [2.75, 3.05) is 0 Å². The summed E-state index contributed by atoms with van der Waals surface area (Å²) in [6.07, 6.45) is 0. The zero-order valence-corrected chi connectivity index (χ0v) is 18.4. The fourth-order valence-electron chi connectivity index (χ4n) is 4.95. The molecule has 7 rings (SSSR count). The third kappa shape index (κ3) is 1.90. The lowest BCUT2D eigenvalue weighted by atomic mass is 10.0. The molecule has 1 heterocycles. The van der Waals surface area contributed by atoms with E-state index >= 15 is 0 Å². The van der Waals surface area contributed by atoms with Crippen molar-refractivity contribution in [2.24, 2.45) is 0 Å². The average Bonchev–Trinajstić information content (AvgIpc) is 3.31. The lowest BCUT2D eigenvalue weighted by Gasteiger charge is -2.04. The number of hydrogen-bond donors (Lipinski definition) is 0. The molecule has 0 aliphatic heterocycles. The summed E-state index contributed by atoms with van der Waals surface area (Å²) in [5.74, 6) is 0. The van der Waals surface area contributed by atoms with Crippen molar-refractivity contribution in [2.45, 2.75) is 0 Å². The summed E-state index contributed by atoms with van der Waals surface area (Å²) in [6, 6.07) is 16.3. The molecule has 0 saturated carbocycles. The number of hydrogen-bond acceptors (Lipinski definition) is 1. The van der Waals surface area contributed by atoms with E-state index < -0.39 is 0 Å². The molecule has 0 spiro atoms. The smallest absolute Gasteiger partial charge is 0.0500 e. The second-order valence-corrected chi connectivity index (χ2v) is 10.0. The number of rotatable bonds is 0. The Hall–Kier alpha value is -1.74. The van der Waals surface area contributed by atoms with Crippen molar-refractivity contribution < 1.29 is 0 Å². The Morgan fingerprint density at radius 3 is 1.10 bits per heavy atom. The number of thiophene rings is 1. The molecule has 0 nitrogen and oxygen atoms in total. The summed E-state index contributed by atoms with van der Waals surface area (Å²) in [4.78, 5) is 0. The minimum Gasteiger partial charge on any atom is -0.134 e. The maximum atomic E-state index is 6.52. The van der Waals surface area contributed by atoms with Gasteiger partial charge < -0.3 is 0 Å². The lowest BCUT2D eigenvalue weighted by molar-refractivity contribution is 1.84. The van der Waals surface area contributed by atoms with Crippen LogP contribution in [0.5, 0.6) is 0 Å². The quantitative estimate of drug-likeness (QED) is 0.207. The highest BCUT2D eigenvalue weighted by Crippen LogP contribution is 2.54. The van der Waals surface area contributed by atoms with Crippen molar-refractivity contribution in [1.29, 1.82) is 0 Å². The highest BCUT2D eigenvalue weighted by molar-refractivity contribution is 7.28. The zero-order valence-electron chi connectivity index (χ0n) is 14.5. The monoisotopic (exact) mass is 468 g/mol. The van der Waals surface area contributed by atoms with Crippen LogP contribution in [0, 0.1) is 0 Å². The minimum absolute atomic E-state index is 0.686. The number of benzene rings is 4. The lowest BCUT2D eigenvalue weighted by Crippen LogP contribution is -1.77. The molecule has 0 unspecified atom stereocenters. The number of fused-ring (bicyclic) bond motifs is 7. The van der Waals surface area contributed by atoms with Gasteiger partial charge in [-0.05, 0) is 35.0 Å². The first-order chi connectivity index (χ1) is 14.1. The Morgan fingerprint density at radius 2 is 0.724 bits per heavy atom. The van der Waals surface area contributed by atoms with Crippen molar-refractivity contribution >= 4 is 121 Å². The van der Waals surface area contributed by atoms with Crippen LogP contribution in [-0.2, 0) is 0 Å². The fourth-order valence-corrected chi connectivity index (χ4v) is 7.47. The van der Waals surface area contributed by atoms with Crippen molar-refractivity contribution in [3.63, 3.8) is 0 Å². The molecule has 0 radical (unpaired) electrons. The summed E-state index contributed by atoms with van der Waals surface area (Å²) in [5.41, 5.74) is 0. The van der Waals surface area contributed by atoms with E-state index in [0.717, 1.165) is 21.5 Å². The van der Waals surface area contributed by atoms with Crippen molar-refractivity contribution in [1.82, 2.24) is 0 Å². The van der Waals surface area contributed by atoms with Gasteiger partial charge in [-0.3, -0.25) is 0 Å². The van der Waals surface area contributed by atoms with Gasteiger partial charge in [0.25, 0.3) is 0 Å². The maximum absolute atomic E-state index is 6.52. The van der Waals surface area contributed by atoms with Gasteiger partial charge in [0.15, 0.2) is 0 Å². The summed E-state index contributed by atoms with van der Waals surface area (Å²) in [5, 5.41) is 14.2. The van der Waals surface area contributed by atoms with Gasteiger partial charge in [0.05, 0.1) is 0 Å². The van der Waals surface area contributed by atoms with Gasteiger partial charge in [0, 0.05) is 72.6 Å². The summed E-state index contributed by atoms with van der Waals surface area (Å²) < 4.78 is 2.55. The molecule has 0 N–H and O–H groups in total. The van der Waals surface area contributed by atoms with Crippen LogP contribution in [0.4, 0.5) is 0 Å². The predicted molar refractivity (Wildman–Crippen MR) is 132 cm³/mol. The van der Waals surface area contributed by atoms with E-state index in [0.29, 0.717) is 20.1 Å². The Kier molecular flexibility index (Phi) is 3.22. The second-order valence-electron chi connectivity index (χ2n) is 7.39. The number of halogens is 4. The topological polar surface area (TPSA) is 0 Å². The molecule has 0 aliphatic rings. The summed E-state index contributed by atoms with van der Waals surface area (Å²) >= 11 is 27.9. The molecule has 0 aliphatic carbocycles. The van der Waals surface area contributed by atoms with E-state index in [9.17, 15) is 0 Å². The van der Waals surface area contributed by atoms with Crippen molar-refractivity contribution in [3.05, 3.63) is 68.6 Å². The van der Waals surface area contributed by atoms with E-state index in [1.807, 2.05) is 35.6 Å². The molecule has 0 saturated heterocycles. The molecule has 0 amide bonds. The summed E-state index contributed by atoms with van der Waals surface area (Å²) in [6.45, 7) is 0. The SMILES string of the molecule is Clc1ccc2c3sc4c5ccc(Cl)c6c(Cl)ccc(c65)c4c3c3ccc(Cl)c1c23. The van der Waals surface area contributed by atoms with E-state index in [2.05, 4.69) is 24.3 Å². The molecule has 29 heavy (non-hydrogen) atoms. The highest BCUT2D eigenvalue weighted by Gasteiger charge is 2.24. The third-order valence-electron chi connectivity index (χ3n) is 6.05. The Labute approximate surface area is 188 Å². The highest BCUT2D eigenvalue weighted by atomic mass is 35.5. The molecule has 0 bridgehead atoms. The van der Waals surface area contributed by atoms with E-state index in [4.69, 9.17) is 46.4 Å². The van der Waals surface area contributed by atoms with Crippen LogP contribution < -0.4 is 0 Å². The van der Waals surface area contributed by atoms with Gasteiger partial charge in [-0.1, -0.05) is 70.7 Å². The van der Waals surface area contributed by atoms with Gasteiger partial charge in [0.2, 0.25) is 0 Å². The van der Waals surface area contributed by atoms with Crippen LogP contribution in [0.2, 0.25) is 20.1 Å². The standard InChI is InChI=1S/C24H8Cl4S/c25-13-5-1-9-17-11(3-7-15(27)21(13)17)23-19(9)20-10-2-6-14(26)22-16(28)8-4-12(18(10)22)24(20)29-23/h1-8H. The van der Waals surface area contributed by atoms with Crippen LogP contribution in [0.25, 0.3) is 63.3 Å². The minimum atomic E-state index is 0.686. The van der Waals surface area contributed by atoms with Gasteiger partial charge in [0.1, 0.15) is 0 Å². The summed E-state index contributed by atoms with van der Waals surface area (Å²) in [7, 11) is 0. The molecule has 138 valence electrons. The normalized spacial score (nSPS) is 12.8. The fraction of sp³-hybridized carbons (Fsp3) is 0.